The van der Waals surface area contributed by atoms with Gasteiger partial charge in [-0.15, -0.1) is 0 Å². The highest BCUT2D eigenvalue weighted by Crippen LogP contribution is 2.58. The fraction of sp³-hybridized carbons (Fsp3) is 0.481. The maximum atomic E-state index is 9.95. The summed E-state index contributed by atoms with van der Waals surface area (Å²) in [5.41, 5.74) is 4.54. The van der Waals surface area contributed by atoms with E-state index in [1.54, 1.807) is 0 Å². The number of aromatic amines is 1. The van der Waals surface area contributed by atoms with Gasteiger partial charge in [-0.25, -0.2) is 4.98 Å². The Morgan fingerprint density at radius 1 is 1.19 bits per heavy atom. The zero-order chi connectivity index (χ0) is 24.3. The van der Waals surface area contributed by atoms with Crippen molar-refractivity contribution in [2.75, 3.05) is 51.0 Å². The summed E-state index contributed by atoms with van der Waals surface area (Å²) in [6.07, 6.45) is 2.63. The van der Waals surface area contributed by atoms with Gasteiger partial charge in [-0.1, -0.05) is 23.7 Å². The third-order valence-corrected chi connectivity index (χ3v) is 8.36. The van der Waals surface area contributed by atoms with E-state index in [4.69, 9.17) is 35.5 Å². The van der Waals surface area contributed by atoms with Crippen LogP contribution in [0.25, 0.3) is 22.3 Å². The molecule has 1 saturated carbocycles. The van der Waals surface area contributed by atoms with Crippen LogP contribution >= 0.6 is 11.6 Å². The van der Waals surface area contributed by atoms with Crippen molar-refractivity contribution in [3.8, 4) is 23.2 Å². The first-order valence-electron chi connectivity index (χ1n) is 12.6. The monoisotopic (exact) mass is 506 g/mol. The standard InChI is InChI=1S/C27H27ClN4O4/c28-20-11-21-23(31-22(20)16-1-3-18(4-2-16)32-7-9-33-10-8-32)19(12-29)26(30-21)35-14-17-13-34-25-24(17)36-15-27(25)5-6-27/h1-4,11,17,24-25,30H,5-10,13-15H2/t17-,24+,25-/m0/s1. The number of hydrogen-bond donors (Lipinski definition) is 1. The maximum absolute atomic E-state index is 9.95. The van der Waals surface area contributed by atoms with E-state index in [0.717, 1.165) is 44.2 Å². The molecule has 3 aliphatic heterocycles. The van der Waals surface area contributed by atoms with E-state index < -0.39 is 0 Å². The number of nitrogens with zero attached hydrogens (tertiary/aromatic N) is 3. The van der Waals surface area contributed by atoms with Crippen LogP contribution in [0.2, 0.25) is 5.02 Å². The van der Waals surface area contributed by atoms with E-state index in [0.29, 0.717) is 46.4 Å². The number of aromatic nitrogens is 2. The Morgan fingerprint density at radius 3 is 2.75 bits per heavy atom. The van der Waals surface area contributed by atoms with E-state index in [1.165, 1.54) is 12.8 Å². The average molecular weight is 507 g/mol. The second-order valence-electron chi connectivity index (χ2n) is 10.3. The Bertz CT molecular complexity index is 1340. The Labute approximate surface area is 214 Å². The summed E-state index contributed by atoms with van der Waals surface area (Å²) >= 11 is 6.64. The zero-order valence-corrected chi connectivity index (χ0v) is 20.6. The smallest absolute Gasteiger partial charge is 0.212 e. The molecule has 0 unspecified atom stereocenters. The fourth-order valence-electron chi connectivity index (χ4n) is 5.81. The molecule has 1 N–H and O–H groups in total. The summed E-state index contributed by atoms with van der Waals surface area (Å²) in [4.78, 5) is 10.3. The third kappa shape index (κ3) is 3.65. The number of pyridine rings is 1. The lowest BCUT2D eigenvalue weighted by Gasteiger charge is -2.28. The molecule has 4 fully saturated rings. The van der Waals surface area contributed by atoms with Crippen LogP contribution in [-0.2, 0) is 14.2 Å². The number of halogens is 1. The molecular formula is C27H27ClN4O4. The first kappa shape index (κ1) is 22.4. The highest BCUT2D eigenvalue weighted by Gasteiger charge is 2.62. The van der Waals surface area contributed by atoms with Crippen molar-refractivity contribution >= 4 is 28.3 Å². The van der Waals surface area contributed by atoms with E-state index >= 15 is 0 Å². The number of nitrogens with one attached hydrogen (secondary N) is 1. The van der Waals surface area contributed by atoms with Gasteiger partial charge in [0, 0.05) is 35.7 Å². The second kappa shape index (κ2) is 8.63. The predicted octanol–water partition coefficient (Wildman–Crippen LogP) is 4.16. The molecule has 3 atom stereocenters. The van der Waals surface area contributed by atoms with Gasteiger partial charge in [0.25, 0.3) is 0 Å². The van der Waals surface area contributed by atoms with Crippen molar-refractivity contribution in [3.63, 3.8) is 0 Å². The number of anilines is 1. The number of nitriles is 1. The molecule has 2 aromatic heterocycles. The van der Waals surface area contributed by atoms with Crippen LogP contribution in [0.4, 0.5) is 5.69 Å². The van der Waals surface area contributed by atoms with Gasteiger partial charge in [-0.2, -0.15) is 5.26 Å². The van der Waals surface area contributed by atoms with Crippen LogP contribution in [0.15, 0.2) is 30.3 Å². The van der Waals surface area contributed by atoms with Crippen LogP contribution < -0.4 is 9.64 Å². The molecule has 1 aromatic carbocycles. The van der Waals surface area contributed by atoms with Gasteiger partial charge >= 0.3 is 0 Å². The van der Waals surface area contributed by atoms with Gasteiger partial charge in [0.2, 0.25) is 5.88 Å². The normalized spacial score (nSPS) is 26.3. The number of hydrogen-bond acceptors (Lipinski definition) is 7. The predicted molar refractivity (Wildman–Crippen MR) is 134 cm³/mol. The molecule has 8 nitrogen and oxygen atoms in total. The van der Waals surface area contributed by atoms with Crippen LogP contribution in [0.3, 0.4) is 0 Å². The topological polar surface area (TPSA) is 92.6 Å². The van der Waals surface area contributed by atoms with Crippen LogP contribution in [0.5, 0.6) is 5.88 Å². The molecule has 5 heterocycles. The van der Waals surface area contributed by atoms with Gasteiger partial charge in [-0.05, 0) is 31.0 Å². The summed E-state index contributed by atoms with van der Waals surface area (Å²) in [7, 11) is 0. The highest BCUT2D eigenvalue weighted by atomic mass is 35.5. The number of fused-ring (bicyclic) bond motifs is 3. The summed E-state index contributed by atoms with van der Waals surface area (Å²) in [6.45, 7) is 5.06. The lowest BCUT2D eigenvalue weighted by molar-refractivity contribution is 0.0526. The number of morpholine rings is 1. The minimum absolute atomic E-state index is 0.0713. The number of benzene rings is 1. The first-order valence-corrected chi connectivity index (χ1v) is 12.9. The third-order valence-electron chi connectivity index (χ3n) is 8.07. The molecule has 0 bridgehead atoms. The van der Waals surface area contributed by atoms with Crippen LogP contribution in [-0.4, -0.2) is 68.3 Å². The quantitative estimate of drug-likeness (QED) is 0.555. The maximum Gasteiger partial charge on any atom is 0.212 e. The Morgan fingerprint density at radius 2 is 2.00 bits per heavy atom. The summed E-state index contributed by atoms with van der Waals surface area (Å²) < 4.78 is 23.7. The number of H-pyrrole nitrogens is 1. The van der Waals surface area contributed by atoms with Crippen molar-refractivity contribution in [2.45, 2.75) is 25.0 Å². The molecule has 9 heteroatoms. The van der Waals surface area contributed by atoms with Crippen molar-refractivity contribution in [1.29, 1.82) is 5.26 Å². The molecule has 1 aliphatic carbocycles. The molecule has 3 aromatic rings. The van der Waals surface area contributed by atoms with Crippen molar-refractivity contribution in [3.05, 3.63) is 40.9 Å². The van der Waals surface area contributed by atoms with E-state index in [-0.39, 0.29) is 23.5 Å². The number of ether oxygens (including phenoxy) is 4. The van der Waals surface area contributed by atoms with E-state index in [9.17, 15) is 5.26 Å². The molecule has 36 heavy (non-hydrogen) atoms. The van der Waals surface area contributed by atoms with Crippen LogP contribution in [0, 0.1) is 22.7 Å². The summed E-state index contributed by atoms with van der Waals surface area (Å²) in [5, 5.41) is 10.5. The minimum Gasteiger partial charge on any atom is -0.477 e. The second-order valence-corrected chi connectivity index (χ2v) is 10.7. The van der Waals surface area contributed by atoms with Crippen molar-refractivity contribution < 1.29 is 18.9 Å². The largest absolute Gasteiger partial charge is 0.477 e. The molecule has 7 rings (SSSR count). The summed E-state index contributed by atoms with van der Waals surface area (Å²) in [6, 6.07) is 12.3. The lowest BCUT2D eigenvalue weighted by Crippen LogP contribution is -2.36. The van der Waals surface area contributed by atoms with Gasteiger partial charge in [0.05, 0.1) is 61.5 Å². The highest BCUT2D eigenvalue weighted by molar-refractivity contribution is 6.33. The zero-order valence-electron chi connectivity index (χ0n) is 19.8. The molecule has 186 valence electrons. The minimum atomic E-state index is 0.0713. The van der Waals surface area contributed by atoms with Gasteiger partial charge < -0.3 is 28.8 Å². The van der Waals surface area contributed by atoms with Gasteiger partial charge in [-0.3, -0.25) is 0 Å². The molecule has 3 saturated heterocycles. The molecular weight excluding hydrogens is 480 g/mol. The van der Waals surface area contributed by atoms with E-state index in [2.05, 4.69) is 28.1 Å². The van der Waals surface area contributed by atoms with Gasteiger partial charge in [0.15, 0.2) is 0 Å². The fourth-order valence-corrected chi connectivity index (χ4v) is 6.07. The van der Waals surface area contributed by atoms with Crippen LogP contribution in [0.1, 0.15) is 18.4 Å². The van der Waals surface area contributed by atoms with Crippen molar-refractivity contribution in [1.82, 2.24) is 9.97 Å². The Hall–Kier alpha value is -2.83. The van der Waals surface area contributed by atoms with Crippen molar-refractivity contribution in [2.24, 2.45) is 11.3 Å². The SMILES string of the molecule is N#Cc1c(OC[C@@H]2CO[C@H]3[C@@H]2OCC32CC2)[nH]c2cc(Cl)c(-c3ccc(N4CCOCC4)cc3)nc12. The molecule has 0 radical (unpaired) electrons. The van der Waals surface area contributed by atoms with Gasteiger partial charge in [0.1, 0.15) is 17.1 Å². The summed E-state index contributed by atoms with van der Waals surface area (Å²) in [5.74, 6) is 0.559. The first-order chi connectivity index (χ1) is 17.6. The molecule has 1 spiro atoms. The number of rotatable bonds is 5. The molecule has 4 aliphatic rings. The van der Waals surface area contributed by atoms with E-state index in [1.807, 2.05) is 18.2 Å². The Balaban J connectivity index is 1.13. The lowest BCUT2D eigenvalue weighted by atomic mass is 9.95. The Kier molecular flexibility index (Phi) is 5.37. The molecule has 0 amide bonds. The average Bonchev–Trinajstić information content (AvgIpc) is 3.27.